The zero-order valence-corrected chi connectivity index (χ0v) is 10.1. The Morgan fingerprint density at radius 3 is 1.00 bits per heavy atom. The fourth-order valence-electron chi connectivity index (χ4n) is 0. The zero-order valence-electron chi connectivity index (χ0n) is 2.12. The standard InChI is InChI=1S/Cd.H2S.S.H2Se/h;1H2;;1H2/q+2;;-2;. The molecule has 0 rings (SSSR count). The Morgan fingerprint density at radius 2 is 1.00 bits per heavy atom. The summed E-state index contributed by atoms with van der Waals surface area (Å²) >= 11 is 0. The summed E-state index contributed by atoms with van der Waals surface area (Å²) in [4.78, 5) is 0. The van der Waals surface area contributed by atoms with E-state index in [-0.39, 0.29) is 71.4 Å². The Hall–Kier alpha value is 2.14. The van der Waals surface area contributed by atoms with E-state index in [4.69, 9.17) is 0 Å². The van der Waals surface area contributed by atoms with E-state index in [0.29, 0.717) is 0 Å². The van der Waals surface area contributed by atoms with Gasteiger partial charge in [-0.3, -0.25) is 0 Å². The van der Waals surface area contributed by atoms with Gasteiger partial charge in [-0.1, -0.05) is 0 Å². The summed E-state index contributed by atoms with van der Waals surface area (Å²) in [5, 5.41) is 0. The van der Waals surface area contributed by atoms with Crippen molar-refractivity contribution in [2.45, 2.75) is 0 Å². The van der Waals surface area contributed by atoms with Crippen LogP contribution in [0, 0.1) is 0 Å². The third-order valence-electron chi connectivity index (χ3n) is 0. The number of hydrogen-bond acceptors (Lipinski definition) is 0. The second-order valence-electron chi connectivity index (χ2n) is 0. The monoisotopic (exact) mass is 262 g/mol. The first kappa shape index (κ1) is 35.4. The molecule has 4 heavy (non-hydrogen) atoms. The molecule has 0 atom stereocenters. The van der Waals surface area contributed by atoms with Gasteiger partial charge in [0.05, 0.1) is 0 Å². The van der Waals surface area contributed by atoms with Gasteiger partial charge in [-0.15, -0.1) is 0 Å². The molecule has 4 heteroatoms. The van der Waals surface area contributed by atoms with Crippen LogP contribution < -0.4 is 0 Å². The fraction of sp³-hybridized carbons (Fsp3) is 0. The Kier molecular flexibility index (Phi) is 170. The molecule has 0 aromatic rings. The summed E-state index contributed by atoms with van der Waals surface area (Å²) in [6.45, 7) is 0. The number of rotatable bonds is 0. The van der Waals surface area contributed by atoms with Crippen molar-refractivity contribution in [3.8, 4) is 0 Å². The molecular weight excluding hydrogens is 256 g/mol. The van der Waals surface area contributed by atoms with Crippen molar-refractivity contribution in [2.24, 2.45) is 0 Å². The van der Waals surface area contributed by atoms with E-state index in [1.165, 1.54) is 0 Å². The molecule has 0 spiro atoms. The molecule has 0 bridgehead atoms. The first-order chi connectivity index (χ1) is 0. The van der Waals surface area contributed by atoms with Crippen LogP contribution in [0.15, 0.2) is 0 Å². The van der Waals surface area contributed by atoms with Crippen LogP contribution in [0.2, 0.25) is 0 Å². The minimum atomic E-state index is 0. The molecule has 0 aromatic carbocycles. The van der Waals surface area contributed by atoms with Crippen LogP contribution in [0.3, 0.4) is 0 Å². The van der Waals surface area contributed by atoms with Crippen molar-refractivity contribution >= 4 is 44.1 Å². The molecule has 0 heterocycles. The first-order valence-electron chi connectivity index (χ1n) is 0. The normalized spacial score (nSPS) is 0. The van der Waals surface area contributed by atoms with E-state index in [2.05, 4.69) is 0 Å². The Morgan fingerprint density at radius 1 is 1.00 bits per heavy atom. The van der Waals surface area contributed by atoms with Gasteiger partial charge in [-0.2, -0.15) is 13.5 Å². The van der Waals surface area contributed by atoms with Gasteiger partial charge in [0.15, 0.2) is 0 Å². The quantitative estimate of drug-likeness (QED) is 0.499. The van der Waals surface area contributed by atoms with Gasteiger partial charge < -0.3 is 13.5 Å². The van der Waals surface area contributed by atoms with Crippen molar-refractivity contribution in [3.05, 3.63) is 0 Å². The van der Waals surface area contributed by atoms with Crippen molar-refractivity contribution in [2.75, 3.05) is 0 Å². The van der Waals surface area contributed by atoms with Gasteiger partial charge in [-0.25, -0.2) is 0 Å². The first-order valence-corrected chi connectivity index (χ1v) is 0. The second-order valence-corrected chi connectivity index (χ2v) is 0. The van der Waals surface area contributed by atoms with Crippen molar-refractivity contribution in [1.29, 1.82) is 0 Å². The molecule has 24 valence electrons. The predicted molar refractivity (Wildman–Crippen MR) is 26.3 cm³/mol. The van der Waals surface area contributed by atoms with Gasteiger partial charge in [-0.05, 0) is 0 Å². The van der Waals surface area contributed by atoms with Crippen LogP contribution in [0.25, 0.3) is 0 Å². The van der Waals surface area contributed by atoms with Gasteiger partial charge >= 0.3 is 44.4 Å². The van der Waals surface area contributed by atoms with Crippen LogP contribution in [-0.4, -0.2) is 17.1 Å². The van der Waals surface area contributed by atoms with E-state index in [0.717, 1.165) is 0 Å². The third-order valence-corrected chi connectivity index (χ3v) is 0. The summed E-state index contributed by atoms with van der Waals surface area (Å²) in [6.07, 6.45) is 0. The molecule has 0 aliphatic rings. The molecule has 0 aromatic heterocycles. The van der Waals surface area contributed by atoms with Crippen molar-refractivity contribution < 1.29 is 27.3 Å². The molecule has 0 saturated heterocycles. The maximum absolute atomic E-state index is 0. The van der Waals surface area contributed by atoms with E-state index in [1.54, 1.807) is 0 Å². The average molecular weight is 260 g/mol. The Bertz CT molecular complexity index is 6.00. The average Bonchev–Trinajstić information content (AvgIpc) is 0. The molecular formula is H4CdS2Se. The Labute approximate surface area is 70.6 Å². The van der Waals surface area contributed by atoms with E-state index >= 15 is 0 Å². The van der Waals surface area contributed by atoms with Crippen LogP contribution in [-0.2, 0) is 40.8 Å². The van der Waals surface area contributed by atoms with Crippen LogP contribution in [0.5, 0.6) is 0 Å². The summed E-state index contributed by atoms with van der Waals surface area (Å²) in [5.74, 6) is 0. The van der Waals surface area contributed by atoms with E-state index in [9.17, 15) is 0 Å². The predicted octanol–water partition coefficient (Wildman–Crippen LogP) is -0.808. The maximum atomic E-state index is 0. The summed E-state index contributed by atoms with van der Waals surface area (Å²) < 4.78 is 0. The molecule has 0 radical (unpaired) electrons. The van der Waals surface area contributed by atoms with E-state index in [1.807, 2.05) is 0 Å². The topological polar surface area (TPSA) is 0 Å². The van der Waals surface area contributed by atoms with E-state index < -0.39 is 0 Å². The molecule has 0 unspecified atom stereocenters. The number of hydrogen-bond donors (Lipinski definition) is 0. The molecule has 0 amide bonds. The SMILES string of the molecule is S.[Cd+2].[S-2].[SeH2]. The zero-order chi connectivity index (χ0) is 0. The van der Waals surface area contributed by atoms with Gasteiger partial charge in [0.25, 0.3) is 0 Å². The molecule has 0 aliphatic carbocycles. The van der Waals surface area contributed by atoms with Gasteiger partial charge in [0.1, 0.15) is 0 Å². The fourth-order valence-corrected chi connectivity index (χ4v) is 0. The molecule has 0 nitrogen and oxygen atoms in total. The van der Waals surface area contributed by atoms with Crippen LogP contribution in [0.4, 0.5) is 0 Å². The van der Waals surface area contributed by atoms with Gasteiger partial charge in [0.2, 0.25) is 0 Å². The summed E-state index contributed by atoms with van der Waals surface area (Å²) in [6, 6.07) is 0. The molecule has 0 fully saturated rings. The van der Waals surface area contributed by atoms with Gasteiger partial charge in [0, 0.05) is 0 Å². The van der Waals surface area contributed by atoms with Crippen molar-refractivity contribution in [1.82, 2.24) is 0 Å². The third kappa shape index (κ3) is 8.91. The molecule has 0 N–H and O–H groups in total. The summed E-state index contributed by atoms with van der Waals surface area (Å²) in [5.41, 5.74) is 0. The molecule has 0 saturated carbocycles. The van der Waals surface area contributed by atoms with Crippen LogP contribution in [0.1, 0.15) is 0 Å². The molecule has 0 aliphatic heterocycles. The van der Waals surface area contributed by atoms with Crippen LogP contribution >= 0.6 is 13.5 Å². The Balaban J connectivity index is 0. The minimum absolute atomic E-state index is 0. The van der Waals surface area contributed by atoms with Crippen molar-refractivity contribution in [3.63, 3.8) is 0 Å². The summed E-state index contributed by atoms with van der Waals surface area (Å²) in [7, 11) is 0. The second kappa shape index (κ2) is 19.2.